The summed E-state index contributed by atoms with van der Waals surface area (Å²) in [5, 5.41) is 13.1. The largest absolute Gasteiger partial charge is 0.508 e. The Labute approximate surface area is 95.4 Å². The second-order valence-corrected chi connectivity index (χ2v) is 4.79. The number of aromatic hydroxyl groups is 1. The number of phenols is 1. The highest BCUT2D eigenvalue weighted by Gasteiger charge is 2.37. The van der Waals surface area contributed by atoms with Crippen LogP contribution in [-0.4, -0.2) is 23.8 Å². The Balaban J connectivity index is 1.91. The minimum atomic E-state index is 0.0199. The van der Waals surface area contributed by atoms with Gasteiger partial charge in [-0.15, -0.1) is 0 Å². The fourth-order valence-corrected chi connectivity index (χ4v) is 2.77. The van der Waals surface area contributed by atoms with Crippen LogP contribution in [0.15, 0.2) is 18.2 Å². The molecule has 2 N–H and O–H groups in total. The zero-order chi connectivity index (χ0) is 11.0. The number of rotatable bonds is 0. The Hall–Kier alpha value is -1.22. The summed E-state index contributed by atoms with van der Waals surface area (Å²) in [6, 6.07) is 5.56. The first-order valence-electron chi connectivity index (χ1n) is 6.00. The molecule has 2 aliphatic heterocycles. The number of fused-ring (bicyclic) bond motifs is 1. The molecule has 1 aromatic carbocycles. The van der Waals surface area contributed by atoms with Crippen LogP contribution in [0, 0.1) is 0 Å². The third-order valence-corrected chi connectivity index (χ3v) is 3.78. The summed E-state index contributed by atoms with van der Waals surface area (Å²) in [6.45, 7) is 2.07. The summed E-state index contributed by atoms with van der Waals surface area (Å²) >= 11 is 0. The van der Waals surface area contributed by atoms with Crippen molar-refractivity contribution in [1.29, 1.82) is 0 Å². The molecule has 0 aromatic heterocycles. The van der Waals surface area contributed by atoms with E-state index in [4.69, 9.17) is 4.74 Å². The molecule has 0 radical (unpaired) electrons. The van der Waals surface area contributed by atoms with Crippen LogP contribution in [0.4, 0.5) is 0 Å². The van der Waals surface area contributed by atoms with Crippen LogP contribution in [0.25, 0.3) is 0 Å². The molecule has 2 heterocycles. The van der Waals surface area contributed by atoms with Crippen LogP contribution in [0.3, 0.4) is 0 Å². The Bertz CT molecular complexity index is 397. The first-order chi connectivity index (χ1) is 7.79. The molecule has 16 heavy (non-hydrogen) atoms. The van der Waals surface area contributed by atoms with Gasteiger partial charge >= 0.3 is 0 Å². The lowest BCUT2D eigenvalue weighted by molar-refractivity contribution is 0.0164. The molecule has 3 rings (SSSR count). The maximum Gasteiger partial charge on any atom is 0.127 e. The van der Waals surface area contributed by atoms with Gasteiger partial charge in [-0.05, 0) is 50.9 Å². The molecule has 0 bridgehead atoms. The summed E-state index contributed by atoms with van der Waals surface area (Å²) in [6.07, 6.45) is 4.10. The average molecular weight is 219 g/mol. The zero-order valence-corrected chi connectivity index (χ0v) is 9.33. The molecule has 0 amide bonds. The van der Waals surface area contributed by atoms with E-state index in [-0.39, 0.29) is 5.60 Å². The van der Waals surface area contributed by atoms with Crippen molar-refractivity contribution in [3.63, 3.8) is 0 Å². The Morgan fingerprint density at radius 1 is 1.19 bits per heavy atom. The van der Waals surface area contributed by atoms with Crippen molar-refractivity contribution in [3.05, 3.63) is 23.8 Å². The predicted octanol–water partition coefficient (Wildman–Crippen LogP) is 1.84. The lowest BCUT2D eigenvalue weighted by Crippen LogP contribution is -2.48. The molecule has 2 aliphatic rings. The van der Waals surface area contributed by atoms with Gasteiger partial charge in [0.05, 0.1) is 0 Å². The molecule has 86 valence electrons. The van der Waals surface area contributed by atoms with E-state index in [1.54, 1.807) is 6.07 Å². The van der Waals surface area contributed by atoms with Gasteiger partial charge in [0.25, 0.3) is 0 Å². The van der Waals surface area contributed by atoms with Crippen LogP contribution in [0.1, 0.15) is 24.8 Å². The quantitative estimate of drug-likeness (QED) is 0.699. The molecular formula is C13H17NO2. The van der Waals surface area contributed by atoms with Crippen LogP contribution in [0.2, 0.25) is 0 Å². The van der Waals surface area contributed by atoms with Gasteiger partial charge in [-0.3, -0.25) is 0 Å². The number of hydrogen-bond donors (Lipinski definition) is 2. The highest BCUT2D eigenvalue weighted by Crippen LogP contribution is 2.41. The normalized spacial score (nSPS) is 22.5. The van der Waals surface area contributed by atoms with Crippen molar-refractivity contribution in [2.75, 3.05) is 13.1 Å². The second kappa shape index (κ2) is 3.67. The standard InChI is InChI=1S/C13H17NO2/c15-11-2-1-3-12-10(11)4-5-13(16-12)6-8-14-9-7-13/h1-3,14-15H,4-9H2. The summed E-state index contributed by atoms with van der Waals surface area (Å²) in [5.74, 6) is 1.26. The van der Waals surface area contributed by atoms with Gasteiger partial charge in [0.2, 0.25) is 0 Å². The number of hydrogen-bond acceptors (Lipinski definition) is 3. The zero-order valence-electron chi connectivity index (χ0n) is 9.33. The molecule has 0 saturated carbocycles. The summed E-state index contributed by atoms with van der Waals surface area (Å²) in [4.78, 5) is 0. The van der Waals surface area contributed by atoms with Crippen LogP contribution in [0.5, 0.6) is 11.5 Å². The smallest absolute Gasteiger partial charge is 0.127 e. The van der Waals surface area contributed by atoms with E-state index >= 15 is 0 Å². The number of phenolic OH excluding ortho intramolecular Hbond substituents is 1. The lowest BCUT2D eigenvalue weighted by Gasteiger charge is -2.41. The van der Waals surface area contributed by atoms with Crippen molar-refractivity contribution < 1.29 is 9.84 Å². The molecule has 1 spiro atoms. The Kier molecular flexibility index (Phi) is 2.28. The van der Waals surface area contributed by atoms with Crippen LogP contribution >= 0.6 is 0 Å². The van der Waals surface area contributed by atoms with E-state index in [1.165, 1.54) is 0 Å². The van der Waals surface area contributed by atoms with Gasteiger partial charge in [0.15, 0.2) is 0 Å². The van der Waals surface area contributed by atoms with E-state index < -0.39 is 0 Å². The van der Waals surface area contributed by atoms with Gasteiger partial charge < -0.3 is 15.2 Å². The molecule has 3 heteroatoms. The summed E-state index contributed by atoms with van der Waals surface area (Å²) < 4.78 is 6.14. The van der Waals surface area contributed by atoms with Crippen molar-refractivity contribution in [1.82, 2.24) is 5.32 Å². The Morgan fingerprint density at radius 2 is 2.00 bits per heavy atom. The highest BCUT2D eigenvalue weighted by atomic mass is 16.5. The number of ether oxygens (including phenoxy) is 1. The second-order valence-electron chi connectivity index (χ2n) is 4.79. The van der Waals surface area contributed by atoms with Gasteiger partial charge in [0, 0.05) is 5.56 Å². The maximum atomic E-state index is 9.75. The van der Waals surface area contributed by atoms with Crippen LogP contribution in [-0.2, 0) is 6.42 Å². The van der Waals surface area contributed by atoms with Crippen molar-refractivity contribution in [2.45, 2.75) is 31.3 Å². The molecule has 1 fully saturated rings. The maximum absolute atomic E-state index is 9.75. The van der Waals surface area contributed by atoms with E-state index in [1.807, 2.05) is 12.1 Å². The van der Waals surface area contributed by atoms with Gasteiger partial charge in [-0.1, -0.05) is 6.07 Å². The monoisotopic (exact) mass is 219 g/mol. The minimum Gasteiger partial charge on any atom is -0.508 e. The first-order valence-corrected chi connectivity index (χ1v) is 6.00. The van der Waals surface area contributed by atoms with Crippen LogP contribution < -0.4 is 10.1 Å². The molecule has 1 aromatic rings. The molecule has 1 saturated heterocycles. The minimum absolute atomic E-state index is 0.0199. The number of nitrogens with one attached hydrogen (secondary N) is 1. The SMILES string of the molecule is Oc1cccc2c1CCC1(CCNCC1)O2. The summed E-state index contributed by atoms with van der Waals surface area (Å²) in [5.41, 5.74) is 0.998. The number of piperidine rings is 1. The molecule has 0 aliphatic carbocycles. The van der Waals surface area contributed by atoms with Crippen molar-refractivity contribution >= 4 is 0 Å². The fourth-order valence-electron chi connectivity index (χ4n) is 2.77. The van der Waals surface area contributed by atoms with Crippen molar-refractivity contribution in [3.8, 4) is 11.5 Å². The highest BCUT2D eigenvalue weighted by molar-refractivity contribution is 5.45. The molecule has 0 unspecified atom stereocenters. The molecular weight excluding hydrogens is 202 g/mol. The van der Waals surface area contributed by atoms with E-state index in [0.717, 1.165) is 50.1 Å². The van der Waals surface area contributed by atoms with Gasteiger partial charge in [-0.2, -0.15) is 0 Å². The van der Waals surface area contributed by atoms with Crippen molar-refractivity contribution in [2.24, 2.45) is 0 Å². The Morgan fingerprint density at radius 3 is 2.81 bits per heavy atom. The van der Waals surface area contributed by atoms with E-state index in [0.29, 0.717) is 5.75 Å². The molecule has 0 atom stereocenters. The topological polar surface area (TPSA) is 41.5 Å². The van der Waals surface area contributed by atoms with Gasteiger partial charge in [-0.25, -0.2) is 0 Å². The fraction of sp³-hybridized carbons (Fsp3) is 0.538. The van der Waals surface area contributed by atoms with E-state index in [2.05, 4.69) is 5.32 Å². The third kappa shape index (κ3) is 1.55. The average Bonchev–Trinajstić information content (AvgIpc) is 2.30. The molecule has 3 nitrogen and oxygen atoms in total. The first kappa shape index (κ1) is 9.97. The number of benzene rings is 1. The summed E-state index contributed by atoms with van der Waals surface area (Å²) in [7, 11) is 0. The third-order valence-electron chi connectivity index (χ3n) is 3.78. The van der Waals surface area contributed by atoms with E-state index in [9.17, 15) is 5.11 Å². The van der Waals surface area contributed by atoms with Gasteiger partial charge in [0.1, 0.15) is 17.1 Å². The lowest BCUT2D eigenvalue weighted by atomic mass is 9.83. The predicted molar refractivity (Wildman–Crippen MR) is 61.9 cm³/mol.